The second-order valence-corrected chi connectivity index (χ2v) is 6.55. The summed E-state index contributed by atoms with van der Waals surface area (Å²) in [5, 5.41) is 0.680. The molecule has 2 N–H and O–H groups in total. The van der Waals surface area contributed by atoms with Gasteiger partial charge in [0.2, 0.25) is 0 Å². The Balaban J connectivity index is 2.08. The van der Waals surface area contributed by atoms with Crippen LogP contribution in [0.1, 0.15) is 18.1 Å². The van der Waals surface area contributed by atoms with Crippen LogP contribution in [0.3, 0.4) is 0 Å². The van der Waals surface area contributed by atoms with Gasteiger partial charge in [-0.25, -0.2) is 0 Å². The Morgan fingerprint density at radius 3 is 2.52 bits per heavy atom. The largest absolute Gasteiger partial charge is 0.494 e. The minimum Gasteiger partial charge on any atom is -0.494 e. The van der Waals surface area contributed by atoms with E-state index in [9.17, 15) is 4.21 Å². The van der Waals surface area contributed by atoms with Crippen LogP contribution < -0.4 is 10.5 Å². The summed E-state index contributed by atoms with van der Waals surface area (Å²) < 4.78 is 17.9. The molecule has 21 heavy (non-hydrogen) atoms. The molecule has 0 aliphatic heterocycles. The SMILES string of the molecule is CCOc1ccc(N)cc1CS(=O)Cc1ccc(Cl)cc1. The lowest BCUT2D eigenvalue weighted by atomic mass is 10.2. The Morgan fingerprint density at radius 1 is 1.14 bits per heavy atom. The minimum absolute atomic E-state index is 0.420. The van der Waals surface area contributed by atoms with Crippen molar-refractivity contribution in [3.8, 4) is 5.75 Å². The van der Waals surface area contributed by atoms with Crippen LogP contribution in [-0.2, 0) is 22.3 Å². The highest BCUT2D eigenvalue weighted by Crippen LogP contribution is 2.24. The Bertz CT molecular complexity index is 629. The van der Waals surface area contributed by atoms with Crippen molar-refractivity contribution in [2.24, 2.45) is 0 Å². The van der Waals surface area contributed by atoms with Crippen LogP contribution in [0.2, 0.25) is 5.02 Å². The van der Waals surface area contributed by atoms with Gasteiger partial charge in [-0.15, -0.1) is 0 Å². The van der Waals surface area contributed by atoms with E-state index in [1.807, 2.05) is 31.2 Å². The van der Waals surface area contributed by atoms with Gasteiger partial charge in [0.05, 0.1) is 12.4 Å². The van der Waals surface area contributed by atoms with Gasteiger partial charge >= 0.3 is 0 Å². The van der Waals surface area contributed by atoms with E-state index < -0.39 is 10.8 Å². The lowest BCUT2D eigenvalue weighted by Crippen LogP contribution is -2.03. The molecule has 0 aliphatic rings. The van der Waals surface area contributed by atoms with Crippen molar-refractivity contribution in [2.45, 2.75) is 18.4 Å². The molecular weight excluding hydrogens is 306 g/mol. The third-order valence-corrected chi connectivity index (χ3v) is 4.48. The van der Waals surface area contributed by atoms with Gasteiger partial charge in [0.1, 0.15) is 5.75 Å². The number of rotatable bonds is 6. The van der Waals surface area contributed by atoms with E-state index in [0.29, 0.717) is 28.8 Å². The summed E-state index contributed by atoms with van der Waals surface area (Å²) in [6, 6.07) is 12.8. The zero-order chi connectivity index (χ0) is 15.2. The molecule has 3 nitrogen and oxygen atoms in total. The van der Waals surface area contributed by atoms with Crippen LogP contribution in [-0.4, -0.2) is 10.8 Å². The number of hydrogen-bond donors (Lipinski definition) is 1. The van der Waals surface area contributed by atoms with Gasteiger partial charge in [0, 0.05) is 32.8 Å². The molecule has 0 aliphatic carbocycles. The van der Waals surface area contributed by atoms with Crippen molar-refractivity contribution in [2.75, 3.05) is 12.3 Å². The molecule has 1 unspecified atom stereocenters. The third kappa shape index (κ3) is 4.76. The summed E-state index contributed by atoms with van der Waals surface area (Å²) >= 11 is 5.84. The normalized spacial score (nSPS) is 12.1. The molecule has 0 amide bonds. The van der Waals surface area contributed by atoms with E-state index in [2.05, 4.69) is 0 Å². The van der Waals surface area contributed by atoms with Crippen LogP contribution >= 0.6 is 11.6 Å². The zero-order valence-electron chi connectivity index (χ0n) is 11.8. The molecule has 0 spiro atoms. The quantitative estimate of drug-likeness (QED) is 0.823. The number of ether oxygens (including phenoxy) is 1. The highest BCUT2D eigenvalue weighted by molar-refractivity contribution is 7.83. The Labute approximate surface area is 132 Å². The first kappa shape index (κ1) is 15.9. The number of nitrogens with two attached hydrogens (primary N) is 1. The van der Waals surface area contributed by atoms with Crippen LogP contribution in [0.25, 0.3) is 0 Å². The maximum absolute atomic E-state index is 12.3. The highest BCUT2D eigenvalue weighted by Gasteiger charge is 2.09. The van der Waals surface area contributed by atoms with Crippen LogP contribution in [0.4, 0.5) is 5.69 Å². The summed E-state index contributed by atoms with van der Waals surface area (Å²) in [5.74, 6) is 1.65. The summed E-state index contributed by atoms with van der Waals surface area (Å²) in [7, 11) is -1.03. The lowest BCUT2D eigenvalue weighted by molar-refractivity contribution is 0.337. The first-order valence-electron chi connectivity index (χ1n) is 6.69. The van der Waals surface area contributed by atoms with Crippen molar-refractivity contribution in [3.63, 3.8) is 0 Å². The van der Waals surface area contributed by atoms with Crippen LogP contribution in [0, 0.1) is 0 Å². The second kappa shape index (κ2) is 7.48. The molecule has 0 saturated carbocycles. The van der Waals surface area contributed by atoms with E-state index in [-0.39, 0.29) is 0 Å². The fourth-order valence-electron chi connectivity index (χ4n) is 2.00. The molecule has 0 radical (unpaired) electrons. The zero-order valence-corrected chi connectivity index (χ0v) is 13.4. The van der Waals surface area contributed by atoms with E-state index in [0.717, 1.165) is 16.9 Å². The topological polar surface area (TPSA) is 52.3 Å². The van der Waals surface area contributed by atoms with Gasteiger partial charge in [0.25, 0.3) is 0 Å². The molecule has 1 atom stereocenters. The van der Waals surface area contributed by atoms with Gasteiger partial charge in [0.15, 0.2) is 0 Å². The van der Waals surface area contributed by atoms with Crippen LogP contribution in [0.5, 0.6) is 5.75 Å². The third-order valence-electron chi connectivity index (χ3n) is 2.94. The van der Waals surface area contributed by atoms with Gasteiger partial charge in [-0.3, -0.25) is 4.21 Å². The van der Waals surface area contributed by atoms with E-state index in [4.69, 9.17) is 22.1 Å². The van der Waals surface area contributed by atoms with Crippen molar-refractivity contribution < 1.29 is 8.95 Å². The molecule has 2 rings (SSSR count). The Kier molecular flexibility index (Phi) is 5.65. The minimum atomic E-state index is -1.03. The van der Waals surface area contributed by atoms with Gasteiger partial charge in [-0.1, -0.05) is 23.7 Å². The molecule has 112 valence electrons. The molecule has 0 saturated heterocycles. The van der Waals surface area contributed by atoms with Crippen molar-refractivity contribution in [1.29, 1.82) is 0 Å². The maximum atomic E-state index is 12.3. The molecule has 0 bridgehead atoms. The molecule has 0 fully saturated rings. The first-order chi connectivity index (χ1) is 10.1. The summed E-state index contributed by atoms with van der Waals surface area (Å²) in [4.78, 5) is 0. The van der Waals surface area contributed by atoms with Gasteiger partial charge in [-0.2, -0.15) is 0 Å². The molecule has 0 heterocycles. The average Bonchev–Trinajstić information content (AvgIpc) is 2.44. The smallest absolute Gasteiger partial charge is 0.123 e. The first-order valence-corrected chi connectivity index (χ1v) is 8.55. The Hall–Kier alpha value is -1.52. The molecule has 2 aromatic carbocycles. The highest BCUT2D eigenvalue weighted by atomic mass is 35.5. The molecule has 0 aromatic heterocycles. The van der Waals surface area contributed by atoms with Gasteiger partial charge in [-0.05, 0) is 42.8 Å². The van der Waals surface area contributed by atoms with Crippen LogP contribution in [0.15, 0.2) is 42.5 Å². The van der Waals surface area contributed by atoms with E-state index in [1.54, 1.807) is 18.2 Å². The molecular formula is C16H18ClNO2S. The predicted molar refractivity (Wildman–Crippen MR) is 89.0 cm³/mol. The molecule has 5 heteroatoms. The van der Waals surface area contributed by atoms with Crippen molar-refractivity contribution in [1.82, 2.24) is 0 Å². The molecule has 2 aromatic rings. The fraction of sp³-hybridized carbons (Fsp3) is 0.250. The average molecular weight is 324 g/mol. The van der Waals surface area contributed by atoms with Crippen molar-refractivity contribution in [3.05, 3.63) is 58.6 Å². The standard InChI is InChI=1S/C16H18ClNO2S/c1-2-20-16-8-7-15(18)9-13(16)11-21(19)10-12-3-5-14(17)6-4-12/h3-9H,2,10-11,18H2,1H3. The lowest BCUT2D eigenvalue weighted by Gasteiger charge is -2.11. The second-order valence-electron chi connectivity index (χ2n) is 4.66. The number of anilines is 1. The summed E-state index contributed by atoms with van der Waals surface area (Å²) in [6.45, 7) is 2.49. The predicted octanol–water partition coefficient (Wildman–Crippen LogP) is 3.77. The van der Waals surface area contributed by atoms with Gasteiger partial charge < -0.3 is 10.5 Å². The van der Waals surface area contributed by atoms with Crippen molar-refractivity contribution >= 4 is 28.1 Å². The Morgan fingerprint density at radius 2 is 1.86 bits per heavy atom. The number of hydrogen-bond acceptors (Lipinski definition) is 3. The van der Waals surface area contributed by atoms with E-state index >= 15 is 0 Å². The summed E-state index contributed by atoms with van der Waals surface area (Å²) in [6.07, 6.45) is 0. The number of nitrogen functional groups attached to an aromatic ring is 1. The monoisotopic (exact) mass is 323 g/mol. The fourth-order valence-corrected chi connectivity index (χ4v) is 3.36. The maximum Gasteiger partial charge on any atom is 0.123 e. The van der Waals surface area contributed by atoms with E-state index in [1.165, 1.54) is 0 Å². The number of halogens is 1. The summed E-state index contributed by atoms with van der Waals surface area (Å²) in [5.41, 5.74) is 8.33. The number of benzene rings is 2.